The number of anilines is 2. The minimum atomic E-state index is -0.480. The van der Waals surface area contributed by atoms with E-state index in [-0.39, 0.29) is 12.1 Å². The van der Waals surface area contributed by atoms with E-state index in [0.29, 0.717) is 22.6 Å². The van der Waals surface area contributed by atoms with E-state index < -0.39 is 17.9 Å². The summed E-state index contributed by atoms with van der Waals surface area (Å²) < 4.78 is 16.1. The molecule has 7 nitrogen and oxygen atoms in total. The first kappa shape index (κ1) is 26.5. The van der Waals surface area contributed by atoms with Gasteiger partial charge in [-0.2, -0.15) is 0 Å². The molecule has 0 N–H and O–H groups in total. The molecule has 2 aromatic carbocycles. The lowest BCUT2D eigenvalue weighted by molar-refractivity contribution is -0.144. The lowest BCUT2D eigenvalue weighted by atomic mass is 9.91. The van der Waals surface area contributed by atoms with Gasteiger partial charge in [0.2, 0.25) is 0 Å². The molecule has 3 rings (SSSR count). The summed E-state index contributed by atoms with van der Waals surface area (Å²) >= 11 is 0. The molecule has 1 saturated carbocycles. The van der Waals surface area contributed by atoms with Crippen molar-refractivity contribution in [3.8, 4) is 11.5 Å². The largest absolute Gasteiger partial charge is 0.459 e. The molecule has 36 heavy (non-hydrogen) atoms. The quantitative estimate of drug-likeness (QED) is 0.249. The molecule has 0 spiro atoms. The summed E-state index contributed by atoms with van der Waals surface area (Å²) in [5.41, 5.74) is 2.45. The first-order chi connectivity index (χ1) is 17.2. The zero-order valence-corrected chi connectivity index (χ0v) is 20.7. The molecule has 188 valence electrons. The van der Waals surface area contributed by atoms with Crippen molar-refractivity contribution in [2.24, 2.45) is 0 Å². The molecular formula is C29H31NO6. The summed E-state index contributed by atoms with van der Waals surface area (Å²) in [5.74, 6) is -0.517. The van der Waals surface area contributed by atoms with Gasteiger partial charge in [-0.25, -0.2) is 14.4 Å². The van der Waals surface area contributed by atoms with Gasteiger partial charge in [0.1, 0.15) is 17.6 Å². The lowest BCUT2D eigenvalue weighted by Gasteiger charge is -2.38. The van der Waals surface area contributed by atoms with E-state index in [9.17, 15) is 14.4 Å². The Balaban J connectivity index is 1.84. The van der Waals surface area contributed by atoms with E-state index >= 15 is 0 Å². The lowest BCUT2D eigenvalue weighted by Crippen LogP contribution is -2.37. The van der Waals surface area contributed by atoms with Gasteiger partial charge in [-0.1, -0.05) is 19.7 Å². The Morgan fingerprint density at radius 3 is 1.56 bits per heavy atom. The van der Waals surface area contributed by atoms with Crippen LogP contribution < -0.4 is 14.4 Å². The summed E-state index contributed by atoms with van der Waals surface area (Å²) in [4.78, 5) is 37.5. The molecule has 0 aromatic heterocycles. The second kappa shape index (κ2) is 12.0. The fourth-order valence-electron chi connectivity index (χ4n) is 3.94. The molecule has 0 atom stereocenters. The van der Waals surface area contributed by atoms with Gasteiger partial charge < -0.3 is 19.1 Å². The number of hydrogen-bond donors (Lipinski definition) is 0. The number of carbonyl (C=O) groups excluding carboxylic acids is 3. The summed E-state index contributed by atoms with van der Waals surface area (Å²) in [6, 6.07) is 14.6. The Morgan fingerprint density at radius 2 is 1.19 bits per heavy atom. The summed E-state index contributed by atoms with van der Waals surface area (Å²) in [6.45, 7) is 13.9. The highest BCUT2D eigenvalue weighted by Gasteiger charge is 2.29. The molecular weight excluding hydrogens is 458 g/mol. The smallest absolute Gasteiger partial charge is 0.338 e. The highest BCUT2D eigenvalue weighted by atomic mass is 16.5. The van der Waals surface area contributed by atoms with Crippen molar-refractivity contribution in [3.63, 3.8) is 0 Å². The van der Waals surface area contributed by atoms with Crippen LogP contribution in [0.25, 0.3) is 0 Å². The number of benzene rings is 2. The van der Waals surface area contributed by atoms with Crippen molar-refractivity contribution >= 4 is 29.3 Å². The molecule has 7 heteroatoms. The van der Waals surface area contributed by atoms with Crippen molar-refractivity contribution in [2.75, 3.05) is 4.90 Å². The molecule has 0 aliphatic heterocycles. The maximum Gasteiger partial charge on any atom is 0.338 e. The molecule has 1 aliphatic rings. The van der Waals surface area contributed by atoms with E-state index in [1.807, 2.05) is 24.3 Å². The second-order valence-corrected chi connectivity index (χ2v) is 8.77. The van der Waals surface area contributed by atoms with Crippen molar-refractivity contribution in [3.05, 3.63) is 85.5 Å². The number of hydrogen-bond acceptors (Lipinski definition) is 7. The molecule has 1 fully saturated rings. The van der Waals surface area contributed by atoms with E-state index in [1.165, 1.54) is 6.08 Å². The Kier molecular flexibility index (Phi) is 8.84. The van der Waals surface area contributed by atoms with Crippen molar-refractivity contribution in [1.82, 2.24) is 0 Å². The molecule has 2 aromatic rings. The van der Waals surface area contributed by atoms with Crippen LogP contribution in [0.15, 0.2) is 85.5 Å². The first-order valence-corrected chi connectivity index (χ1v) is 11.8. The molecule has 0 radical (unpaired) electrons. The Morgan fingerprint density at radius 1 is 0.778 bits per heavy atom. The van der Waals surface area contributed by atoms with Crippen molar-refractivity contribution < 1.29 is 28.6 Å². The third-order valence-corrected chi connectivity index (χ3v) is 5.81. The fourth-order valence-corrected chi connectivity index (χ4v) is 3.94. The fraction of sp³-hybridized carbons (Fsp3) is 0.276. The monoisotopic (exact) mass is 489 g/mol. The van der Waals surface area contributed by atoms with Gasteiger partial charge in [0.25, 0.3) is 0 Å². The van der Waals surface area contributed by atoms with Gasteiger partial charge in [-0.15, -0.1) is 0 Å². The van der Waals surface area contributed by atoms with Crippen molar-refractivity contribution in [1.29, 1.82) is 0 Å². The maximum atomic E-state index is 11.9. The van der Waals surface area contributed by atoms with Crippen LogP contribution in [-0.4, -0.2) is 30.1 Å². The Hall–Kier alpha value is -4.13. The van der Waals surface area contributed by atoms with Crippen LogP contribution in [0.5, 0.6) is 11.5 Å². The van der Waals surface area contributed by atoms with E-state index in [4.69, 9.17) is 14.2 Å². The maximum absolute atomic E-state index is 11.9. The molecule has 0 unspecified atom stereocenters. The number of nitrogens with zero attached hydrogens (tertiary/aromatic N) is 1. The average molecular weight is 490 g/mol. The van der Waals surface area contributed by atoms with Crippen LogP contribution in [0.2, 0.25) is 0 Å². The minimum absolute atomic E-state index is 0.135. The van der Waals surface area contributed by atoms with Gasteiger partial charge >= 0.3 is 17.9 Å². The summed E-state index contributed by atoms with van der Waals surface area (Å²) in [6.07, 6.45) is 4.10. The van der Waals surface area contributed by atoms with Crippen LogP contribution in [0.1, 0.15) is 39.5 Å². The van der Waals surface area contributed by atoms with Gasteiger partial charge in [0, 0.05) is 34.6 Å². The van der Waals surface area contributed by atoms with Crippen LogP contribution in [0.3, 0.4) is 0 Å². The third kappa shape index (κ3) is 6.95. The van der Waals surface area contributed by atoms with E-state index in [1.54, 1.807) is 38.1 Å². The highest BCUT2D eigenvalue weighted by Crippen LogP contribution is 2.36. The standard InChI is InChI=1S/C29H31NO6/c1-6-27(31)34-24-13-7-21(8-14-24)30(22-9-15-25(16-10-22)35-28(32)19(2)3)23-11-17-26(18-12-23)36-29(33)20(4)5/h6,9-12,15-18,21,24H,1-2,4,7-8,13-14H2,3,5H3. The van der Waals surface area contributed by atoms with Crippen LogP contribution in [-0.2, 0) is 19.1 Å². The topological polar surface area (TPSA) is 82.1 Å². The van der Waals surface area contributed by atoms with E-state index in [2.05, 4.69) is 24.6 Å². The number of esters is 3. The Labute approximate surface area is 211 Å². The Bertz CT molecular complexity index is 1070. The summed E-state index contributed by atoms with van der Waals surface area (Å²) in [5, 5.41) is 0. The predicted molar refractivity (Wildman–Crippen MR) is 138 cm³/mol. The zero-order valence-electron chi connectivity index (χ0n) is 20.7. The second-order valence-electron chi connectivity index (χ2n) is 8.77. The van der Waals surface area contributed by atoms with Crippen LogP contribution in [0, 0.1) is 0 Å². The molecule has 0 bridgehead atoms. The third-order valence-electron chi connectivity index (χ3n) is 5.81. The number of rotatable bonds is 9. The van der Waals surface area contributed by atoms with Crippen LogP contribution >= 0.6 is 0 Å². The van der Waals surface area contributed by atoms with E-state index in [0.717, 1.165) is 37.1 Å². The molecule has 0 saturated heterocycles. The minimum Gasteiger partial charge on any atom is -0.459 e. The molecule has 1 aliphatic carbocycles. The normalized spacial score (nSPS) is 16.8. The highest BCUT2D eigenvalue weighted by molar-refractivity contribution is 5.89. The van der Waals surface area contributed by atoms with Gasteiger partial charge in [-0.3, -0.25) is 0 Å². The van der Waals surface area contributed by atoms with Gasteiger partial charge in [-0.05, 0) is 88.1 Å². The molecule has 0 heterocycles. The first-order valence-electron chi connectivity index (χ1n) is 11.8. The summed E-state index contributed by atoms with van der Waals surface area (Å²) in [7, 11) is 0. The SMILES string of the molecule is C=CC(=O)OC1CCC(N(c2ccc(OC(=O)C(=C)C)cc2)c2ccc(OC(=O)C(=C)C)cc2)CC1. The van der Waals surface area contributed by atoms with Gasteiger partial charge in [0.15, 0.2) is 0 Å². The van der Waals surface area contributed by atoms with Gasteiger partial charge in [0.05, 0.1) is 0 Å². The average Bonchev–Trinajstić information content (AvgIpc) is 2.87. The van der Waals surface area contributed by atoms with Crippen molar-refractivity contribution in [2.45, 2.75) is 51.7 Å². The number of ether oxygens (including phenoxy) is 3. The molecule has 0 amide bonds. The number of carbonyl (C=O) groups is 3. The predicted octanol–water partition coefficient (Wildman–Crippen LogP) is 5.83. The zero-order chi connectivity index (χ0) is 26.2. The van der Waals surface area contributed by atoms with Crippen LogP contribution in [0.4, 0.5) is 11.4 Å².